The van der Waals surface area contributed by atoms with Crippen molar-refractivity contribution in [2.75, 3.05) is 0 Å². The maximum atomic E-state index is 6.10. The molecular formula is C18H18N2OS2. The Morgan fingerprint density at radius 2 is 2.04 bits per heavy atom. The van der Waals surface area contributed by atoms with Crippen LogP contribution in [0.5, 0.6) is 0 Å². The molecule has 0 fully saturated rings. The fourth-order valence-electron chi connectivity index (χ4n) is 3.34. The highest BCUT2D eigenvalue weighted by atomic mass is 32.1. The van der Waals surface area contributed by atoms with E-state index in [9.17, 15) is 0 Å². The second-order valence-electron chi connectivity index (χ2n) is 6.36. The number of benzene rings is 1. The summed E-state index contributed by atoms with van der Waals surface area (Å²) >= 11 is 11.2. The maximum Gasteiger partial charge on any atom is 0.185 e. The van der Waals surface area contributed by atoms with Crippen LogP contribution in [0.4, 0.5) is 0 Å². The van der Waals surface area contributed by atoms with Gasteiger partial charge in [0.1, 0.15) is 5.76 Å². The summed E-state index contributed by atoms with van der Waals surface area (Å²) in [7, 11) is 0. The normalized spacial score (nSPS) is 17.3. The summed E-state index contributed by atoms with van der Waals surface area (Å²) in [5.74, 6) is 1.75. The zero-order chi connectivity index (χ0) is 16.0. The molecule has 1 unspecified atom stereocenters. The predicted molar refractivity (Wildman–Crippen MR) is 97.0 cm³/mol. The molecule has 0 amide bonds. The highest BCUT2D eigenvalue weighted by molar-refractivity contribution is 7.72. The van der Waals surface area contributed by atoms with Gasteiger partial charge in [0.2, 0.25) is 0 Å². The van der Waals surface area contributed by atoms with E-state index in [1.807, 2.05) is 22.8 Å². The van der Waals surface area contributed by atoms with E-state index in [4.69, 9.17) is 28.9 Å². The van der Waals surface area contributed by atoms with Crippen molar-refractivity contribution in [1.82, 2.24) is 9.55 Å². The zero-order valence-corrected chi connectivity index (χ0v) is 14.6. The fourth-order valence-corrected chi connectivity index (χ4v) is 3.95. The first-order valence-corrected chi connectivity index (χ1v) is 8.76. The largest absolute Gasteiger partial charge is 0.456 e. The van der Waals surface area contributed by atoms with Crippen molar-refractivity contribution in [1.29, 1.82) is 0 Å². The van der Waals surface area contributed by atoms with Gasteiger partial charge in [-0.1, -0.05) is 49.5 Å². The smallest absolute Gasteiger partial charge is 0.185 e. The number of hydrogen-bond donors (Lipinski definition) is 1. The van der Waals surface area contributed by atoms with Gasteiger partial charge < -0.3 is 14.0 Å². The maximum absolute atomic E-state index is 6.10. The van der Waals surface area contributed by atoms with Gasteiger partial charge in [0.15, 0.2) is 15.0 Å². The third-order valence-electron chi connectivity index (χ3n) is 4.61. The Balaban J connectivity index is 1.88. The van der Waals surface area contributed by atoms with Crippen LogP contribution in [0.15, 0.2) is 34.7 Å². The van der Waals surface area contributed by atoms with Crippen molar-refractivity contribution in [3.05, 3.63) is 56.6 Å². The molecule has 0 saturated carbocycles. The Morgan fingerprint density at radius 1 is 1.26 bits per heavy atom. The van der Waals surface area contributed by atoms with Crippen molar-refractivity contribution in [2.45, 2.75) is 32.7 Å². The van der Waals surface area contributed by atoms with Crippen LogP contribution in [0.2, 0.25) is 0 Å². The highest BCUT2D eigenvalue weighted by Gasteiger charge is 2.23. The molecule has 0 radical (unpaired) electrons. The second-order valence-corrected chi connectivity index (χ2v) is 7.14. The SMILES string of the molecule is CC1CCc2oc3c(=S)n(Cc4ccccc4)c(=S)[nH]c3c2C1. The monoisotopic (exact) mass is 342 g/mol. The third-order valence-corrected chi connectivity index (χ3v) is 5.34. The Hall–Kier alpha value is -1.72. The van der Waals surface area contributed by atoms with Gasteiger partial charge in [-0.05, 0) is 36.5 Å². The van der Waals surface area contributed by atoms with E-state index < -0.39 is 0 Å². The summed E-state index contributed by atoms with van der Waals surface area (Å²) in [4.78, 5) is 3.37. The van der Waals surface area contributed by atoms with E-state index >= 15 is 0 Å². The third kappa shape index (κ3) is 2.58. The summed E-state index contributed by atoms with van der Waals surface area (Å²) in [6.07, 6.45) is 3.19. The first kappa shape index (κ1) is 14.8. The summed E-state index contributed by atoms with van der Waals surface area (Å²) in [5, 5.41) is 0. The van der Waals surface area contributed by atoms with Crippen molar-refractivity contribution in [2.24, 2.45) is 5.92 Å². The van der Waals surface area contributed by atoms with E-state index in [2.05, 4.69) is 24.0 Å². The molecule has 1 aliphatic carbocycles. The minimum atomic E-state index is 0.659. The first-order chi connectivity index (χ1) is 11.1. The van der Waals surface area contributed by atoms with Gasteiger partial charge in [0.05, 0.1) is 12.1 Å². The Bertz CT molecular complexity index is 982. The van der Waals surface area contributed by atoms with E-state index in [0.29, 0.717) is 21.9 Å². The van der Waals surface area contributed by atoms with E-state index in [0.717, 1.165) is 29.7 Å². The molecule has 3 aromatic rings. The molecule has 2 aromatic heterocycles. The molecule has 1 aliphatic rings. The van der Waals surface area contributed by atoms with Crippen LogP contribution < -0.4 is 0 Å². The summed E-state index contributed by atoms with van der Waals surface area (Å²) in [6.45, 7) is 2.94. The Morgan fingerprint density at radius 3 is 2.83 bits per heavy atom. The number of aryl methyl sites for hydroxylation is 1. The number of furan rings is 1. The molecule has 23 heavy (non-hydrogen) atoms. The molecular weight excluding hydrogens is 324 g/mol. The van der Waals surface area contributed by atoms with Gasteiger partial charge in [0, 0.05) is 12.0 Å². The zero-order valence-electron chi connectivity index (χ0n) is 13.0. The molecule has 1 aromatic carbocycles. The average Bonchev–Trinajstić information content (AvgIpc) is 2.91. The average molecular weight is 342 g/mol. The first-order valence-electron chi connectivity index (χ1n) is 7.95. The van der Waals surface area contributed by atoms with Gasteiger partial charge in [-0.25, -0.2) is 0 Å². The van der Waals surface area contributed by atoms with Crippen LogP contribution in [-0.2, 0) is 19.4 Å². The number of hydrogen-bond acceptors (Lipinski definition) is 3. The van der Waals surface area contributed by atoms with Gasteiger partial charge in [0.25, 0.3) is 0 Å². The highest BCUT2D eigenvalue weighted by Crippen LogP contribution is 2.33. The van der Waals surface area contributed by atoms with Crippen LogP contribution in [0.1, 0.15) is 30.2 Å². The molecule has 0 bridgehead atoms. The summed E-state index contributed by atoms with van der Waals surface area (Å²) in [6, 6.07) is 10.2. The molecule has 5 heteroatoms. The summed E-state index contributed by atoms with van der Waals surface area (Å²) in [5.41, 5.74) is 4.23. The number of rotatable bonds is 2. The quantitative estimate of drug-likeness (QED) is 0.650. The van der Waals surface area contributed by atoms with E-state index in [1.165, 1.54) is 17.5 Å². The lowest BCUT2D eigenvalue weighted by atomic mass is 9.89. The topological polar surface area (TPSA) is 33.9 Å². The lowest BCUT2D eigenvalue weighted by molar-refractivity contribution is 0.437. The number of aromatic nitrogens is 2. The van der Waals surface area contributed by atoms with E-state index in [1.54, 1.807) is 0 Å². The molecule has 0 spiro atoms. The number of nitrogens with zero attached hydrogens (tertiary/aromatic N) is 1. The molecule has 2 heterocycles. The minimum Gasteiger partial charge on any atom is -0.456 e. The number of aromatic amines is 1. The Labute approximate surface area is 145 Å². The Kier molecular flexibility index (Phi) is 3.70. The molecule has 1 atom stereocenters. The van der Waals surface area contributed by atoms with Gasteiger partial charge >= 0.3 is 0 Å². The van der Waals surface area contributed by atoms with Crippen LogP contribution in [0.25, 0.3) is 11.1 Å². The van der Waals surface area contributed by atoms with Crippen LogP contribution in [0.3, 0.4) is 0 Å². The van der Waals surface area contributed by atoms with Gasteiger partial charge in [-0.15, -0.1) is 0 Å². The van der Waals surface area contributed by atoms with Crippen LogP contribution in [-0.4, -0.2) is 9.55 Å². The number of nitrogens with one attached hydrogen (secondary N) is 1. The lowest BCUT2D eigenvalue weighted by Gasteiger charge is -2.16. The molecule has 3 nitrogen and oxygen atoms in total. The molecule has 4 rings (SSSR count). The number of fused-ring (bicyclic) bond motifs is 3. The van der Waals surface area contributed by atoms with Crippen molar-refractivity contribution in [3.63, 3.8) is 0 Å². The van der Waals surface area contributed by atoms with E-state index in [-0.39, 0.29) is 0 Å². The van der Waals surface area contributed by atoms with Crippen LogP contribution in [0, 0.1) is 15.3 Å². The van der Waals surface area contributed by atoms with Gasteiger partial charge in [-0.2, -0.15) is 0 Å². The van der Waals surface area contributed by atoms with Crippen molar-refractivity contribution >= 4 is 35.5 Å². The standard InChI is InChI=1S/C18H18N2OS2/c1-11-7-8-14-13(9-11)15-16(21-14)17(22)20(18(23)19-15)10-12-5-3-2-4-6-12/h2-6,11H,7-10H2,1H3,(H,19,23). The van der Waals surface area contributed by atoms with Gasteiger partial charge in [-0.3, -0.25) is 0 Å². The van der Waals surface area contributed by atoms with Crippen molar-refractivity contribution < 1.29 is 4.42 Å². The fraction of sp³-hybridized carbons (Fsp3) is 0.333. The predicted octanol–water partition coefficient (Wildman–Crippen LogP) is 5.19. The molecule has 1 N–H and O–H groups in total. The second kappa shape index (κ2) is 5.73. The molecule has 118 valence electrons. The minimum absolute atomic E-state index is 0.659. The molecule has 0 aliphatic heterocycles. The molecule has 0 saturated heterocycles. The van der Waals surface area contributed by atoms with Crippen molar-refractivity contribution in [3.8, 4) is 0 Å². The lowest BCUT2D eigenvalue weighted by Crippen LogP contribution is -2.10. The summed E-state index contributed by atoms with van der Waals surface area (Å²) < 4.78 is 9.40. The number of H-pyrrole nitrogens is 1. The van der Waals surface area contributed by atoms with Crippen LogP contribution >= 0.6 is 24.4 Å².